The van der Waals surface area contributed by atoms with E-state index < -0.39 is 42.1 Å². The summed E-state index contributed by atoms with van der Waals surface area (Å²) in [5, 5.41) is 34.0. The number of hydrogen-bond donors (Lipinski definition) is 5. The summed E-state index contributed by atoms with van der Waals surface area (Å²) in [5.74, 6) is -3.47. The normalized spacial score (nSPS) is 14.4. The number of carbonyl (C=O) groups is 4. The predicted molar refractivity (Wildman–Crippen MR) is 206 cm³/mol. The zero-order valence-electron chi connectivity index (χ0n) is 31.2. The van der Waals surface area contributed by atoms with Crippen molar-refractivity contribution in [1.82, 2.24) is 10.6 Å². The van der Waals surface area contributed by atoms with Crippen molar-refractivity contribution in [3.05, 3.63) is 95.1 Å². The van der Waals surface area contributed by atoms with Gasteiger partial charge in [0.2, 0.25) is 11.8 Å². The Morgan fingerprint density at radius 1 is 0.860 bits per heavy atom. The molecule has 3 aromatic rings. The Hall–Kier alpha value is -6.19. The lowest BCUT2D eigenvalue weighted by Gasteiger charge is -2.28. The highest BCUT2D eigenvalue weighted by Gasteiger charge is 2.38. The second kappa shape index (κ2) is 21.2. The molecule has 3 amide bonds. The first-order valence-electron chi connectivity index (χ1n) is 18.7. The Kier molecular flexibility index (Phi) is 16.2. The molecule has 15 heteroatoms. The maximum absolute atomic E-state index is 13.9. The minimum Gasteiger partial charge on any atom is -0.475 e. The third-order valence-electron chi connectivity index (χ3n) is 9.77. The van der Waals surface area contributed by atoms with Crippen molar-refractivity contribution in [2.24, 2.45) is 11.7 Å². The number of carbonyl (C=O) groups excluding carboxylic acids is 3. The molecule has 0 unspecified atom stereocenters. The van der Waals surface area contributed by atoms with Crippen molar-refractivity contribution in [2.75, 3.05) is 18.5 Å². The number of nitrogens with two attached hydrogens (primary N) is 1. The summed E-state index contributed by atoms with van der Waals surface area (Å²) >= 11 is 0. The van der Waals surface area contributed by atoms with Gasteiger partial charge in [0.05, 0.1) is 0 Å². The summed E-state index contributed by atoms with van der Waals surface area (Å²) in [4.78, 5) is 49.8. The summed E-state index contributed by atoms with van der Waals surface area (Å²) < 4.78 is 37.5. The minimum absolute atomic E-state index is 0.0618. The van der Waals surface area contributed by atoms with E-state index in [1.165, 1.54) is 6.08 Å². The summed E-state index contributed by atoms with van der Waals surface area (Å²) in [6.45, 7) is 0.574. The fourth-order valence-corrected chi connectivity index (χ4v) is 7.00. The average molecular weight is 787 g/mol. The van der Waals surface area contributed by atoms with Crippen molar-refractivity contribution >= 4 is 35.6 Å². The van der Waals surface area contributed by atoms with Crippen LogP contribution in [0.15, 0.2) is 78.4 Å². The Balaban J connectivity index is 0.000000940. The predicted octanol–water partition coefficient (Wildman–Crippen LogP) is 7.18. The number of carboxylic acid groups (broad SMARTS) is 1. The number of nitriles is 2. The van der Waals surface area contributed by atoms with Gasteiger partial charge in [0.15, 0.2) is 0 Å². The maximum Gasteiger partial charge on any atom is 0.490 e. The van der Waals surface area contributed by atoms with E-state index in [9.17, 15) is 27.6 Å². The number of carboxylic acids is 1. The van der Waals surface area contributed by atoms with Gasteiger partial charge < -0.3 is 31.5 Å². The second-order valence-corrected chi connectivity index (χ2v) is 13.8. The van der Waals surface area contributed by atoms with Crippen LogP contribution in [0.3, 0.4) is 0 Å². The van der Waals surface area contributed by atoms with Gasteiger partial charge in [0.25, 0.3) is 0 Å². The van der Waals surface area contributed by atoms with Gasteiger partial charge in [0.1, 0.15) is 36.4 Å². The Morgan fingerprint density at radius 3 is 2.05 bits per heavy atom. The SMILES string of the molecule is N#CC(C#N)=Cc1cccc(NC(=O)[C@H](CCCCN)NC(=O)[C@H](CC2CCCCC2)NC(=O)OCC2c3ccccc3-c3ccccc32)c1.O=C(O)C(F)(F)F. The Morgan fingerprint density at radius 2 is 1.47 bits per heavy atom. The molecule has 2 aliphatic carbocycles. The highest BCUT2D eigenvalue weighted by molar-refractivity contribution is 5.98. The first kappa shape index (κ1) is 43.5. The summed E-state index contributed by atoms with van der Waals surface area (Å²) in [7, 11) is 0. The zero-order valence-corrected chi connectivity index (χ0v) is 31.2. The number of amides is 3. The van der Waals surface area contributed by atoms with Crippen LogP contribution in [0.4, 0.5) is 23.7 Å². The first-order chi connectivity index (χ1) is 27.3. The van der Waals surface area contributed by atoms with E-state index in [1.807, 2.05) is 36.4 Å². The standard InChI is InChI=1S/C40H44N6O4.C2HF3O2/c41-20-9-8-19-36(38(47)44-30-14-10-13-28(22-30)21-29(24-42)25-43)45-39(48)37(23-27-11-2-1-3-12-27)46-40(49)50-26-35-33-17-6-4-15-31(33)32-16-5-7-18-34(32)35;3-2(4,5)1(6)7/h4-7,10,13-18,21-22,27,35-37H,1-3,8-9,11-12,19-20,23,26,41H2,(H,44,47)(H,45,48)(H,46,49);(H,6,7)/t36-,37-;/m0./s1. The number of halogens is 3. The molecule has 12 nitrogen and oxygen atoms in total. The molecule has 300 valence electrons. The molecule has 0 bridgehead atoms. The molecule has 1 saturated carbocycles. The van der Waals surface area contributed by atoms with Gasteiger partial charge in [-0.15, -0.1) is 0 Å². The van der Waals surface area contributed by atoms with E-state index in [0.29, 0.717) is 43.5 Å². The molecule has 0 spiro atoms. The van der Waals surface area contributed by atoms with Crippen molar-refractivity contribution < 1.29 is 42.2 Å². The van der Waals surface area contributed by atoms with Crippen LogP contribution in [0.5, 0.6) is 0 Å². The molecular weight excluding hydrogens is 741 g/mol. The second-order valence-electron chi connectivity index (χ2n) is 13.8. The number of fused-ring (bicyclic) bond motifs is 3. The number of alkyl halides is 3. The third-order valence-corrected chi connectivity index (χ3v) is 9.77. The number of nitrogens with zero attached hydrogens (tertiary/aromatic N) is 2. The molecule has 0 saturated heterocycles. The maximum atomic E-state index is 13.9. The average Bonchev–Trinajstić information content (AvgIpc) is 3.52. The monoisotopic (exact) mass is 786 g/mol. The lowest BCUT2D eigenvalue weighted by Crippen LogP contribution is -2.53. The molecule has 3 aromatic carbocycles. The lowest BCUT2D eigenvalue weighted by atomic mass is 9.84. The summed E-state index contributed by atoms with van der Waals surface area (Å²) in [6, 6.07) is 24.9. The first-order valence-corrected chi connectivity index (χ1v) is 18.7. The summed E-state index contributed by atoms with van der Waals surface area (Å²) in [5.41, 5.74) is 11.1. The molecule has 0 heterocycles. The van der Waals surface area contributed by atoms with Crippen LogP contribution in [-0.2, 0) is 19.1 Å². The van der Waals surface area contributed by atoms with Crippen LogP contribution >= 0.6 is 0 Å². The van der Waals surface area contributed by atoms with Gasteiger partial charge >= 0.3 is 18.2 Å². The lowest BCUT2D eigenvalue weighted by molar-refractivity contribution is -0.192. The molecule has 0 radical (unpaired) electrons. The van der Waals surface area contributed by atoms with E-state index >= 15 is 0 Å². The third kappa shape index (κ3) is 12.9. The van der Waals surface area contributed by atoms with Crippen molar-refractivity contribution in [3.63, 3.8) is 0 Å². The van der Waals surface area contributed by atoms with Crippen molar-refractivity contribution in [1.29, 1.82) is 10.5 Å². The minimum atomic E-state index is -5.08. The van der Waals surface area contributed by atoms with Crippen LogP contribution in [0.1, 0.15) is 80.4 Å². The molecule has 2 atom stereocenters. The van der Waals surface area contributed by atoms with Crippen LogP contribution < -0.4 is 21.7 Å². The topological polar surface area (TPSA) is 207 Å². The number of ether oxygens (including phenoxy) is 1. The van der Waals surface area contributed by atoms with Gasteiger partial charge in [-0.25, -0.2) is 9.59 Å². The molecular formula is C42H45F3N6O6. The van der Waals surface area contributed by atoms with Gasteiger partial charge in [-0.2, -0.15) is 23.7 Å². The van der Waals surface area contributed by atoms with Gasteiger partial charge in [0, 0.05) is 11.6 Å². The number of aliphatic carboxylic acids is 1. The molecule has 2 aliphatic rings. The largest absolute Gasteiger partial charge is 0.490 e. The number of allylic oxidation sites excluding steroid dienone is 1. The van der Waals surface area contributed by atoms with E-state index in [0.717, 1.165) is 54.4 Å². The van der Waals surface area contributed by atoms with E-state index in [4.69, 9.17) is 30.9 Å². The van der Waals surface area contributed by atoms with E-state index in [2.05, 4.69) is 40.2 Å². The number of rotatable bonds is 14. The van der Waals surface area contributed by atoms with Crippen LogP contribution in [0, 0.1) is 28.6 Å². The number of unbranched alkanes of at least 4 members (excludes halogenated alkanes) is 1. The van der Waals surface area contributed by atoms with Gasteiger partial charge in [-0.05, 0) is 84.2 Å². The van der Waals surface area contributed by atoms with E-state index in [1.54, 1.807) is 24.3 Å². The number of benzene rings is 3. The molecule has 57 heavy (non-hydrogen) atoms. The fraction of sp³-hybridized carbons (Fsp3) is 0.381. The van der Waals surface area contributed by atoms with E-state index in [-0.39, 0.29) is 24.0 Å². The molecule has 1 fully saturated rings. The number of anilines is 1. The smallest absolute Gasteiger partial charge is 0.475 e. The summed E-state index contributed by atoms with van der Waals surface area (Å²) in [6.07, 6.45) is 3.01. The van der Waals surface area contributed by atoms with Crippen LogP contribution in [-0.4, -0.2) is 60.4 Å². The van der Waals surface area contributed by atoms with Crippen LogP contribution in [0.2, 0.25) is 0 Å². The number of nitrogens with one attached hydrogen (secondary N) is 3. The molecule has 5 rings (SSSR count). The molecule has 0 aromatic heterocycles. The quantitative estimate of drug-likeness (QED) is 0.0827. The van der Waals surface area contributed by atoms with Crippen LogP contribution in [0.25, 0.3) is 17.2 Å². The highest BCUT2D eigenvalue weighted by atomic mass is 19.4. The fourth-order valence-electron chi connectivity index (χ4n) is 7.00. The van der Waals surface area contributed by atoms with Gasteiger partial charge in [-0.1, -0.05) is 92.8 Å². The molecule has 0 aliphatic heterocycles. The zero-order chi connectivity index (χ0) is 41.4. The van der Waals surface area contributed by atoms with Gasteiger partial charge in [-0.3, -0.25) is 9.59 Å². The van der Waals surface area contributed by atoms with Crippen molar-refractivity contribution in [2.45, 2.75) is 82.0 Å². The Bertz CT molecular complexity index is 1940. The van der Waals surface area contributed by atoms with Crippen molar-refractivity contribution in [3.8, 4) is 23.3 Å². The number of hydrogen-bond acceptors (Lipinski definition) is 8. The number of alkyl carbamates (subject to hydrolysis) is 1. The Labute approximate surface area is 328 Å². The molecule has 6 N–H and O–H groups in total. The highest BCUT2D eigenvalue weighted by Crippen LogP contribution is 2.44.